The number of rotatable bonds is 2. The predicted octanol–water partition coefficient (Wildman–Crippen LogP) is 9.27. The van der Waals surface area contributed by atoms with Crippen LogP contribution in [0.5, 0.6) is 0 Å². The van der Waals surface area contributed by atoms with Crippen LogP contribution in [0, 0.1) is 0 Å². The first kappa shape index (κ1) is 47.2. The molecule has 0 aliphatic carbocycles. The molecule has 0 atom stereocenters. The summed E-state index contributed by atoms with van der Waals surface area (Å²) in [6.45, 7) is 20.9. The van der Waals surface area contributed by atoms with Gasteiger partial charge in [-0.15, -0.1) is 0 Å². The second kappa shape index (κ2) is 19.5. The molecular formula is C46H70N6O6. The van der Waals surface area contributed by atoms with E-state index in [4.69, 9.17) is 19.9 Å². The Labute approximate surface area is 348 Å². The SMILES string of the molecule is C.CC(C)(C)OC(=O)N1CCc2c(N)cccc2C1.CN(C)c1cccc2c1CCN(C(=O)OC(C)(C)C)C2.CNc1cccc2c1CCN(C(=O)OC(C)(C)C)C2. The summed E-state index contributed by atoms with van der Waals surface area (Å²) in [6, 6.07) is 18.3. The Morgan fingerprint density at radius 1 is 0.586 bits per heavy atom. The summed E-state index contributed by atoms with van der Waals surface area (Å²) in [5, 5.41) is 3.20. The second-order valence-electron chi connectivity index (χ2n) is 17.9. The monoisotopic (exact) mass is 803 g/mol. The first-order valence-electron chi connectivity index (χ1n) is 19.9. The number of hydrogen-bond donors (Lipinski definition) is 2. The van der Waals surface area contributed by atoms with Gasteiger partial charge in [-0.3, -0.25) is 0 Å². The fourth-order valence-electron chi connectivity index (χ4n) is 6.94. The van der Waals surface area contributed by atoms with Crippen molar-refractivity contribution in [2.45, 2.75) is 125 Å². The van der Waals surface area contributed by atoms with Gasteiger partial charge >= 0.3 is 18.3 Å². The molecule has 0 aromatic heterocycles. The minimum Gasteiger partial charge on any atom is -0.444 e. The molecule has 12 nitrogen and oxygen atoms in total. The lowest BCUT2D eigenvalue weighted by Crippen LogP contribution is -2.40. The Morgan fingerprint density at radius 3 is 1.36 bits per heavy atom. The third kappa shape index (κ3) is 13.5. The van der Waals surface area contributed by atoms with E-state index in [1.54, 1.807) is 14.7 Å². The van der Waals surface area contributed by atoms with Crippen LogP contribution in [0.1, 0.15) is 103 Å². The van der Waals surface area contributed by atoms with E-state index in [-0.39, 0.29) is 25.7 Å². The molecule has 6 rings (SSSR count). The van der Waals surface area contributed by atoms with Crippen molar-refractivity contribution in [3.05, 3.63) is 88.0 Å². The van der Waals surface area contributed by atoms with Crippen molar-refractivity contribution in [3.63, 3.8) is 0 Å². The average molecular weight is 803 g/mol. The lowest BCUT2D eigenvalue weighted by molar-refractivity contribution is 0.0214. The first-order valence-corrected chi connectivity index (χ1v) is 19.9. The summed E-state index contributed by atoms with van der Waals surface area (Å²) in [5.41, 5.74) is 15.2. The van der Waals surface area contributed by atoms with Crippen LogP contribution in [-0.2, 0) is 53.1 Å². The summed E-state index contributed by atoms with van der Waals surface area (Å²) in [6.07, 6.45) is 1.83. The number of anilines is 3. The van der Waals surface area contributed by atoms with Crippen LogP contribution in [-0.4, -0.2) is 90.6 Å². The standard InChI is InChI=1S/C16H24N2O2.C15H22N2O2.C14H20N2O2.CH4/c1-16(2,3)20-15(19)18-10-9-13-12(11-18)7-6-8-14(13)17(4)5;1-15(2,3)19-14(18)17-9-8-12-11(10-17)6-5-7-13(12)16-4;1-14(2,3)18-13(17)16-8-7-11-10(9-16)5-4-6-12(11)15;/h6-8H,9-11H2,1-5H3;5-7,16H,8-10H2,1-4H3;4-6H,7-9,15H2,1-3H3;1H4. The van der Waals surface area contributed by atoms with E-state index in [0.717, 1.165) is 41.8 Å². The van der Waals surface area contributed by atoms with Crippen LogP contribution in [0.15, 0.2) is 54.6 Å². The molecule has 0 unspecified atom stereocenters. The summed E-state index contributed by atoms with van der Waals surface area (Å²) < 4.78 is 16.2. The summed E-state index contributed by atoms with van der Waals surface area (Å²) in [4.78, 5) is 43.6. The summed E-state index contributed by atoms with van der Waals surface area (Å²) in [5.74, 6) is 0. The Morgan fingerprint density at radius 2 is 0.948 bits per heavy atom. The molecule has 0 radical (unpaired) electrons. The molecule has 3 aromatic carbocycles. The fourth-order valence-corrected chi connectivity index (χ4v) is 6.94. The van der Waals surface area contributed by atoms with E-state index in [1.807, 2.05) is 99.7 Å². The van der Waals surface area contributed by atoms with Gasteiger partial charge in [0.05, 0.1) is 0 Å². The smallest absolute Gasteiger partial charge is 0.410 e. The van der Waals surface area contributed by atoms with Crippen LogP contribution in [0.4, 0.5) is 31.4 Å². The lowest BCUT2D eigenvalue weighted by Gasteiger charge is -2.33. The van der Waals surface area contributed by atoms with Crippen molar-refractivity contribution in [3.8, 4) is 0 Å². The minimum atomic E-state index is -0.451. The number of amides is 3. The zero-order valence-corrected chi connectivity index (χ0v) is 36.4. The van der Waals surface area contributed by atoms with E-state index >= 15 is 0 Å². The number of nitrogen functional groups attached to an aromatic ring is 1. The number of nitrogens with one attached hydrogen (secondary N) is 1. The van der Waals surface area contributed by atoms with Gasteiger partial charge in [0.2, 0.25) is 0 Å². The van der Waals surface area contributed by atoms with E-state index in [2.05, 4.69) is 48.6 Å². The molecule has 58 heavy (non-hydrogen) atoms. The molecule has 3 aliphatic rings. The van der Waals surface area contributed by atoms with Crippen LogP contribution < -0.4 is 16.0 Å². The van der Waals surface area contributed by atoms with Gasteiger partial charge in [0.1, 0.15) is 16.8 Å². The Bertz CT molecular complexity index is 1870. The molecule has 0 fully saturated rings. The van der Waals surface area contributed by atoms with E-state index in [9.17, 15) is 14.4 Å². The van der Waals surface area contributed by atoms with Crippen LogP contribution in [0.2, 0.25) is 0 Å². The van der Waals surface area contributed by atoms with Gasteiger partial charge in [-0.25, -0.2) is 14.4 Å². The van der Waals surface area contributed by atoms with Crippen molar-refractivity contribution in [1.82, 2.24) is 14.7 Å². The van der Waals surface area contributed by atoms with Crippen LogP contribution in [0.3, 0.4) is 0 Å². The van der Waals surface area contributed by atoms with E-state index < -0.39 is 16.8 Å². The molecule has 0 saturated carbocycles. The highest BCUT2D eigenvalue weighted by Crippen LogP contribution is 2.30. The molecule has 3 N–H and O–H groups in total. The topological polar surface area (TPSA) is 130 Å². The highest BCUT2D eigenvalue weighted by atomic mass is 16.6. The maximum atomic E-state index is 12.1. The van der Waals surface area contributed by atoms with Gasteiger partial charge in [0.15, 0.2) is 0 Å². The van der Waals surface area contributed by atoms with Crippen molar-refractivity contribution in [2.24, 2.45) is 0 Å². The number of carbonyl (C=O) groups excluding carboxylic acids is 3. The molecule has 0 spiro atoms. The molecule has 0 saturated heterocycles. The lowest BCUT2D eigenvalue weighted by atomic mass is 9.97. The third-order valence-electron chi connectivity index (χ3n) is 9.52. The fraction of sp³-hybridized carbons (Fsp3) is 0.543. The van der Waals surface area contributed by atoms with Crippen LogP contribution in [0.25, 0.3) is 0 Å². The van der Waals surface area contributed by atoms with Crippen LogP contribution >= 0.6 is 0 Å². The molecule has 12 heteroatoms. The highest BCUT2D eigenvalue weighted by Gasteiger charge is 2.29. The third-order valence-corrected chi connectivity index (χ3v) is 9.52. The Hall–Kier alpha value is -5.13. The normalized spacial score (nSPS) is 14.7. The first-order chi connectivity index (χ1) is 26.5. The quantitative estimate of drug-likeness (QED) is 0.192. The van der Waals surface area contributed by atoms with Gasteiger partial charge in [0, 0.05) is 77.5 Å². The Balaban J connectivity index is 0.000000231. The number of hydrogen-bond acceptors (Lipinski definition) is 9. The van der Waals surface area contributed by atoms with E-state index in [0.29, 0.717) is 39.3 Å². The maximum absolute atomic E-state index is 12.1. The molecule has 3 aliphatic heterocycles. The number of nitrogens with zero attached hydrogens (tertiary/aromatic N) is 4. The number of carbonyl (C=O) groups is 3. The van der Waals surface area contributed by atoms with Gasteiger partial charge in [-0.05, 0) is 133 Å². The molecule has 0 bridgehead atoms. The van der Waals surface area contributed by atoms with Crippen molar-refractivity contribution in [2.75, 3.05) is 56.7 Å². The number of benzene rings is 3. The van der Waals surface area contributed by atoms with Gasteiger partial charge in [0.25, 0.3) is 0 Å². The summed E-state index contributed by atoms with van der Waals surface area (Å²) >= 11 is 0. The number of nitrogens with two attached hydrogens (primary N) is 1. The zero-order valence-electron chi connectivity index (χ0n) is 36.4. The molecular weight excluding hydrogens is 733 g/mol. The van der Waals surface area contributed by atoms with Crippen molar-refractivity contribution >= 4 is 35.3 Å². The van der Waals surface area contributed by atoms with Crippen molar-refractivity contribution < 1.29 is 28.6 Å². The largest absolute Gasteiger partial charge is 0.444 e. The zero-order chi connectivity index (χ0) is 42.3. The number of ether oxygens (including phenoxy) is 3. The van der Waals surface area contributed by atoms with Crippen molar-refractivity contribution in [1.29, 1.82) is 0 Å². The molecule has 320 valence electrons. The number of fused-ring (bicyclic) bond motifs is 3. The van der Waals surface area contributed by atoms with Gasteiger partial charge in [-0.2, -0.15) is 0 Å². The van der Waals surface area contributed by atoms with Gasteiger partial charge in [-0.1, -0.05) is 43.8 Å². The highest BCUT2D eigenvalue weighted by molar-refractivity contribution is 5.71. The summed E-state index contributed by atoms with van der Waals surface area (Å²) in [7, 11) is 6.03. The molecule has 3 amide bonds. The maximum Gasteiger partial charge on any atom is 0.410 e. The second-order valence-corrected chi connectivity index (χ2v) is 17.9. The van der Waals surface area contributed by atoms with E-state index in [1.165, 1.54) is 27.9 Å². The average Bonchev–Trinajstić information content (AvgIpc) is 3.12. The van der Waals surface area contributed by atoms with Gasteiger partial charge < -0.3 is 44.9 Å². The minimum absolute atomic E-state index is 0. The predicted molar refractivity (Wildman–Crippen MR) is 235 cm³/mol. The Kier molecular flexibility index (Phi) is 15.9. The molecule has 3 aromatic rings. The molecule has 3 heterocycles.